The molecule has 7 heteroatoms. The molecule has 1 atom stereocenters. The summed E-state index contributed by atoms with van der Waals surface area (Å²) in [5, 5.41) is 7.82. The molecule has 0 bridgehead atoms. The summed E-state index contributed by atoms with van der Waals surface area (Å²) in [5.41, 5.74) is 1.38. The number of carbonyl (C=O) groups excluding carboxylic acids is 1. The van der Waals surface area contributed by atoms with E-state index in [-0.39, 0.29) is 11.9 Å². The van der Waals surface area contributed by atoms with Crippen molar-refractivity contribution in [3.8, 4) is 5.69 Å². The predicted molar refractivity (Wildman–Crippen MR) is 93.4 cm³/mol. The highest BCUT2D eigenvalue weighted by molar-refractivity contribution is 5.92. The normalized spacial score (nSPS) is 17.6. The second kappa shape index (κ2) is 6.52. The lowest BCUT2D eigenvalue weighted by Gasteiger charge is -2.35. The zero-order valence-corrected chi connectivity index (χ0v) is 14.0. The third-order valence-electron chi connectivity index (χ3n) is 4.49. The average Bonchev–Trinajstić information content (AvgIpc) is 3.31. The summed E-state index contributed by atoms with van der Waals surface area (Å²) < 4.78 is 3.69. The summed E-state index contributed by atoms with van der Waals surface area (Å²) in [7, 11) is 1.95. The number of rotatable bonds is 3. The van der Waals surface area contributed by atoms with Crippen LogP contribution in [0.3, 0.4) is 0 Å². The molecule has 128 valence electrons. The van der Waals surface area contributed by atoms with Gasteiger partial charge in [0.2, 0.25) is 0 Å². The minimum Gasteiger partial charge on any atom is -0.336 e. The Labute approximate surface area is 145 Å². The van der Waals surface area contributed by atoms with Crippen LogP contribution in [-0.2, 0) is 7.05 Å². The van der Waals surface area contributed by atoms with Gasteiger partial charge in [0.05, 0.1) is 5.69 Å². The van der Waals surface area contributed by atoms with Crippen molar-refractivity contribution in [3.63, 3.8) is 0 Å². The number of hydrogen-bond donors (Lipinski definition) is 1. The van der Waals surface area contributed by atoms with Crippen molar-refractivity contribution in [2.24, 2.45) is 7.05 Å². The van der Waals surface area contributed by atoms with E-state index in [1.54, 1.807) is 16.9 Å². The average molecular weight is 336 g/mol. The van der Waals surface area contributed by atoms with E-state index in [1.165, 1.54) is 0 Å². The molecule has 0 radical (unpaired) electrons. The van der Waals surface area contributed by atoms with Crippen LogP contribution in [-0.4, -0.2) is 49.8 Å². The molecule has 1 fully saturated rings. The standard InChI is InChI=1S/C18H20N6O/c1-22-11-9-20-17(22)16-13-19-8-12-23(16)18(25)15-7-10-24(21-15)14-5-3-2-4-6-14/h2-7,9-11,16,19H,8,12-13H2,1H3. The third kappa shape index (κ3) is 2.94. The SMILES string of the molecule is Cn1ccnc1C1CNCCN1C(=O)c1ccn(-c2ccccc2)n1. The van der Waals surface area contributed by atoms with Crippen LogP contribution in [0.15, 0.2) is 55.0 Å². The molecule has 1 amide bonds. The fraction of sp³-hybridized carbons (Fsp3) is 0.278. The lowest BCUT2D eigenvalue weighted by atomic mass is 10.1. The third-order valence-corrected chi connectivity index (χ3v) is 4.49. The van der Waals surface area contributed by atoms with Crippen LogP contribution in [0.4, 0.5) is 0 Å². The van der Waals surface area contributed by atoms with Crippen molar-refractivity contribution in [1.82, 2.24) is 29.5 Å². The van der Waals surface area contributed by atoms with Crippen LogP contribution >= 0.6 is 0 Å². The van der Waals surface area contributed by atoms with Gasteiger partial charge in [-0.3, -0.25) is 4.79 Å². The summed E-state index contributed by atoms with van der Waals surface area (Å²) >= 11 is 0. The Hall–Kier alpha value is -2.93. The van der Waals surface area contributed by atoms with E-state index in [2.05, 4.69) is 15.4 Å². The fourth-order valence-electron chi connectivity index (χ4n) is 3.19. The molecule has 0 spiro atoms. The second-order valence-corrected chi connectivity index (χ2v) is 6.10. The molecule has 0 aliphatic carbocycles. The monoisotopic (exact) mass is 336 g/mol. The highest BCUT2D eigenvalue weighted by atomic mass is 16.2. The molecule has 0 saturated carbocycles. The number of nitrogens with one attached hydrogen (secondary N) is 1. The molecule has 1 aromatic carbocycles. The van der Waals surface area contributed by atoms with Gasteiger partial charge in [-0.2, -0.15) is 5.10 Å². The van der Waals surface area contributed by atoms with Gasteiger partial charge in [0, 0.05) is 45.3 Å². The zero-order valence-electron chi connectivity index (χ0n) is 14.0. The molecule has 1 unspecified atom stereocenters. The van der Waals surface area contributed by atoms with E-state index < -0.39 is 0 Å². The van der Waals surface area contributed by atoms with E-state index in [1.807, 2.05) is 59.2 Å². The number of amides is 1. The summed E-state index contributed by atoms with van der Waals surface area (Å²) in [4.78, 5) is 19.3. The van der Waals surface area contributed by atoms with E-state index in [0.29, 0.717) is 18.8 Å². The first-order valence-electron chi connectivity index (χ1n) is 8.34. The van der Waals surface area contributed by atoms with Gasteiger partial charge in [-0.05, 0) is 18.2 Å². The molecule has 1 saturated heterocycles. The van der Waals surface area contributed by atoms with Crippen molar-refractivity contribution < 1.29 is 4.79 Å². The maximum absolute atomic E-state index is 13.0. The molecule has 25 heavy (non-hydrogen) atoms. The lowest BCUT2D eigenvalue weighted by Crippen LogP contribution is -2.49. The first-order valence-corrected chi connectivity index (χ1v) is 8.34. The van der Waals surface area contributed by atoms with E-state index >= 15 is 0 Å². The van der Waals surface area contributed by atoms with Crippen LogP contribution in [0.25, 0.3) is 5.69 Å². The molecule has 1 aliphatic rings. The van der Waals surface area contributed by atoms with Crippen molar-refractivity contribution in [3.05, 3.63) is 66.5 Å². The van der Waals surface area contributed by atoms with E-state index in [9.17, 15) is 4.79 Å². The van der Waals surface area contributed by atoms with Gasteiger partial charge in [0.25, 0.3) is 5.91 Å². The molecular formula is C18H20N6O. The first-order chi connectivity index (χ1) is 12.2. The van der Waals surface area contributed by atoms with Crippen molar-refractivity contribution in [2.45, 2.75) is 6.04 Å². The highest BCUT2D eigenvalue weighted by Crippen LogP contribution is 2.22. The molecule has 2 aromatic heterocycles. The van der Waals surface area contributed by atoms with Gasteiger partial charge in [-0.1, -0.05) is 18.2 Å². The molecule has 3 heterocycles. The Morgan fingerprint density at radius 3 is 2.80 bits per heavy atom. The van der Waals surface area contributed by atoms with Crippen molar-refractivity contribution in [2.75, 3.05) is 19.6 Å². The number of aromatic nitrogens is 4. The number of nitrogens with zero attached hydrogens (tertiary/aromatic N) is 5. The van der Waals surface area contributed by atoms with Crippen LogP contribution < -0.4 is 5.32 Å². The Bertz CT molecular complexity index is 869. The lowest BCUT2D eigenvalue weighted by molar-refractivity contribution is 0.0614. The van der Waals surface area contributed by atoms with Crippen molar-refractivity contribution >= 4 is 5.91 Å². The Morgan fingerprint density at radius 2 is 2.04 bits per heavy atom. The quantitative estimate of drug-likeness (QED) is 0.785. The van der Waals surface area contributed by atoms with E-state index in [0.717, 1.165) is 18.1 Å². The van der Waals surface area contributed by atoms with Gasteiger partial charge in [-0.25, -0.2) is 9.67 Å². The van der Waals surface area contributed by atoms with Gasteiger partial charge >= 0.3 is 0 Å². The predicted octanol–water partition coefficient (Wildman–Crippen LogP) is 1.39. The Morgan fingerprint density at radius 1 is 1.20 bits per heavy atom. The fourth-order valence-corrected chi connectivity index (χ4v) is 3.19. The van der Waals surface area contributed by atoms with Crippen LogP contribution in [0, 0.1) is 0 Å². The summed E-state index contributed by atoms with van der Waals surface area (Å²) in [6.07, 6.45) is 5.48. The van der Waals surface area contributed by atoms with Gasteiger partial charge in [0.1, 0.15) is 11.9 Å². The first kappa shape index (κ1) is 15.6. The maximum atomic E-state index is 13.0. The number of imidazole rings is 1. The Kier molecular flexibility index (Phi) is 4.07. The summed E-state index contributed by atoms with van der Waals surface area (Å²) in [6.45, 7) is 2.09. The number of aryl methyl sites for hydroxylation is 1. The molecule has 3 aromatic rings. The Balaban J connectivity index is 1.61. The minimum absolute atomic E-state index is 0.0656. The number of hydrogen-bond acceptors (Lipinski definition) is 4. The van der Waals surface area contributed by atoms with Crippen LogP contribution in [0.2, 0.25) is 0 Å². The van der Waals surface area contributed by atoms with E-state index in [4.69, 9.17) is 0 Å². The number of benzene rings is 1. The highest BCUT2D eigenvalue weighted by Gasteiger charge is 2.32. The van der Waals surface area contributed by atoms with Crippen LogP contribution in [0.5, 0.6) is 0 Å². The second-order valence-electron chi connectivity index (χ2n) is 6.10. The van der Waals surface area contributed by atoms with Gasteiger partial charge < -0.3 is 14.8 Å². The molecule has 1 aliphatic heterocycles. The smallest absolute Gasteiger partial charge is 0.275 e. The molecule has 4 rings (SSSR count). The number of para-hydroxylation sites is 1. The largest absolute Gasteiger partial charge is 0.336 e. The van der Waals surface area contributed by atoms with Crippen LogP contribution in [0.1, 0.15) is 22.4 Å². The number of piperazine rings is 1. The van der Waals surface area contributed by atoms with Crippen molar-refractivity contribution in [1.29, 1.82) is 0 Å². The molecule has 7 nitrogen and oxygen atoms in total. The summed E-state index contributed by atoms with van der Waals surface area (Å²) in [5.74, 6) is 0.812. The topological polar surface area (TPSA) is 68.0 Å². The summed E-state index contributed by atoms with van der Waals surface area (Å²) in [6, 6.07) is 11.5. The van der Waals surface area contributed by atoms with Gasteiger partial charge in [-0.15, -0.1) is 0 Å². The zero-order chi connectivity index (χ0) is 17.2. The number of carbonyl (C=O) groups is 1. The van der Waals surface area contributed by atoms with Gasteiger partial charge in [0.15, 0.2) is 5.69 Å². The molecular weight excluding hydrogens is 316 g/mol. The maximum Gasteiger partial charge on any atom is 0.275 e. The molecule has 1 N–H and O–H groups in total. The minimum atomic E-state index is -0.0943.